The van der Waals surface area contributed by atoms with Crippen molar-refractivity contribution in [2.24, 2.45) is 0 Å². The highest BCUT2D eigenvalue weighted by molar-refractivity contribution is 6.33. The van der Waals surface area contributed by atoms with Crippen molar-refractivity contribution in [1.82, 2.24) is 4.98 Å². The van der Waals surface area contributed by atoms with Crippen molar-refractivity contribution in [3.63, 3.8) is 0 Å². The molecule has 6 heteroatoms. The third kappa shape index (κ3) is 2.58. The van der Waals surface area contributed by atoms with Crippen LogP contribution in [0.5, 0.6) is 0 Å². The van der Waals surface area contributed by atoms with Gasteiger partial charge in [0, 0.05) is 12.7 Å². The van der Waals surface area contributed by atoms with Crippen LogP contribution in [0.15, 0.2) is 12.3 Å². The minimum Gasteiger partial charge on any atom is -0.478 e. The molecule has 0 spiro atoms. The summed E-state index contributed by atoms with van der Waals surface area (Å²) in [6.45, 7) is 0.276. The van der Waals surface area contributed by atoms with E-state index in [0.717, 1.165) is 0 Å². The lowest BCUT2D eigenvalue weighted by Crippen LogP contribution is -2.08. The molecular formula is C8H9ClN2O3. The quantitative estimate of drug-likeness (QED) is 0.695. The van der Waals surface area contributed by atoms with Crippen LogP contribution in [0.1, 0.15) is 10.4 Å². The summed E-state index contributed by atoms with van der Waals surface area (Å²) in [7, 11) is 0. The van der Waals surface area contributed by atoms with Crippen molar-refractivity contribution in [1.29, 1.82) is 0 Å². The SMILES string of the molecule is O=C(O)c1cnc(NCCO)c(Cl)c1. The van der Waals surface area contributed by atoms with Crippen molar-refractivity contribution >= 4 is 23.4 Å². The summed E-state index contributed by atoms with van der Waals surface area (Å²) >= 11 is 5.74. The summed E-state index contributed by atoms with van der Waals surface area (Å²) in [5.74, 6) is -0.709. The number of carboxylic acids is 1. The molecule has 0 fully saturated rings. The zero-order valence-electron chi connectivity index (χ0n) is 7.20. The Morgan fingerprint density at radius 1 is 1.64 bits per heavy atom. The van der Waals surface area contributed by atoms with E-state index >= 15 is 0 Å². The third-order valence-electron chi connectivity index (χ3n) is 1.49. The molecule has 0 amide bonds. The minimum atomic E-state index is -1.08. The van der Waals surface area contributed by atoms with Gasteiger partial charge in [0.2, 0.25) is 0 Å². The van der Waals surface area contributed by atoms with Gasteiger partial charge in [-0.2, -0.15) is 0 Å². The summed E-state index contributed by atoms with van der Waals surface area (Å²) in [5, 5.41) is 20.1. The topological polar surface area (TPSA) is 82.5 Å². The molecule has 14 heavy (non-hydrogen) atoms. The largest absolute Gasteiger partial charge is 0.478 e. The summed E-state index contributed by atoms with van der Waals surface area (Å²) in [6, 6.07) is 1.30. The molecular weight excluding hydrogens is 208 g/mol. The molecule has 0 unspecified atom stereocenters. The van der Waals surface area contributed by atoms with Crippen molar-refractivity contribution in [3.8, 4) is 0 Å². The molecule has 0 aliphatic heterocycles. The van der Waals surface area contributed by atoms with Crippen molar-refractivity contribution < 1.29 is 15.0 Å². The molecule has 0 aliphatic rings. The molecule has 76 valence electrons. The molecule has 1 rings (SSSR count). The third-order valence-corrected chi connectivity index (χ3v) is 1.78. The second-order valence-electron chi connectivity index (χ2n) is 2.51. The van der Waals surface area contributed by atoms with E-state index in [9.17, 15) is 4.79 Å². The molecule has 1 heterocycles. The van der Waals surface area contributed by atoms with E-state index < -0.39 is 5.97 Å². The number of aliphatic hydroxyl groups excluding tert-OH is 1. The van der Waals surface area contributed by atoms with Gasteiger partial charge < -0.3 is 15.5 Å². The molecule has 0 aliphatic carbocycles. The molecule has 3 N–H and O–H groups in total. The molecule has 0 atom stereocenters. The number of hydrogen-bond donors (Lipinski definition) is 3. The van der Waals surface area contributed by atoms with E-state index in [-0.39, 0.29) is 17.2 Å². The number of aromatic carboxylic acids is 1. The maximum absolute atomic E-state index is 10.5. The van der Waals surface area contributed by atoms with Crippen LogP contribution in [-0.4, -0.2) is 34.3 Å². The number of halogens is 1. The monoisotopic (exact) mass is 216 g/mol. The zero-order valence-corrected chi connectivity index (χ0v) is 7.95. The smallest absolute Gasteiger partial charge is 0.337 e. The van der Waals surface area contributed by atoms with Gasteiger partial charge in [0.1, 0.15) is 5.82 Å². The first-order valence-corrected chi connectivity index (χ1v) is 4.26. The lowest BCUT2D eigenvalue weighted by Gasteiger charge is -2.05. The van der Waals surface area contributed by atoms with Crippen molar-refractivity contribution in [2.75, 3.05) is 18.5 Å². The standard InChI is InChI=1S/C8H9ClN2O3/c9-6-3-5(8(13)14)4-11-7(6)10-1-2-12/h3-4,12H,1-2H2,(H,10,11)(H,13,14). The Morgan fingerprint density at radius 2 is 2.36 bits per heavy atom. The van der Waals surface area contributed by atoms with Gasteiger partial charge in [-0.15, -0.1) is 0 Å². The fraction of sp³-hybridized carbons (Fsp3) is 0.250. The van der Waals surface area contributed by atoms with Crippen LogP contribution in [0.3, 0.4) is 0 Å². The van der Waals surface area contributed by atoms with Gasteiger partial charge in [-0.1, -0.05) is 11.6 Å². The lowest BCUT2D eigenvalue weighted by molar-refractivity contribution is 0.0696. The van der Waals surface area contributed by atoms with Crippen LogP contribution in [0.2, 0.25) is 5.02 Å². The number of pyridine rings is 1. The average molecular weight is 217 g/mol. The van der Waals surface area contributed by atoms with Crippen LogP contribution in [0.4, 0.5) is 5.82 Å². The van der Waals surface area contributed by atoms with Crippen molar-refractivity contribution in [2.45, 2.75) is 0 Å². The fourth-order valence-electron chi connectivity index (χ4n) is 0.859. The van der Waals surface area contributed by atoms with Gasteiger partial charge in [-0.05, 0) is 6.07 Å². The Bertz CT molecular complexity index is 343. The number of anilines is 1. The number of nitrogens with zero attached hydrogens (tertiary/aromatic N) is 1. The average Bonchev–Trinajstić information content (AvgIpc) is 2.15. The number of carbonyl (C=O) groups is 1. The van der Waals surface area contributed by atoms with Gasteiger partial charge >= 0.3 is 5.97 Å². The summed E-state index contributed by atoms with van der Waals surface area (Å²) in [4.78, 5) is 14.3. The highest BCUT2D eigenvalue weighted by Gasteiger charge is 2.07. The van der Waals surface area contributed by atoms with Gasteiger partial charge in [-0.3, -0.25) is 0 Å². The molecule has 1 aromatic heterocycles. The number of rotatable bonds is 4. The van der Waals surface area contributed by atoms with E-state index in [2.05, 4.69) is 10.3 Å². The van der Waals surface area contributed by atoms with E-state index in [0.29, 0.717) is 12.4 Å². The molecule has 0 saturated carbocycles. The molecule has 0 aromatic carbocycles. The molecule has 0 saturated heterocycles. The van der Waals surface area contributed by atoms with Gasteiger partial charge in [-0.25, -0.2) is 9.78 Å². The first-order chi connectivity index (χ1) is 6.65. The van der Waals surface area contributed by atoms with Crippen LogP contribution in [-0.2, 0) is 0 Å². The molecule has 5 nitrogen and oxygen atoms in total. The Kier molecular flexibility index (Phi) is 3.67. The van der Waals surface area contributed by atoms with E-state index in [4.69, 9.17) is 21.8 Å². The minimum absolute atomic E-state index is 0.0320. The maximum atomic E-state index is 10.5. The van der Waals surface area contributed by atoms with E-state index in [1.165, 1.54) is 12.3 Å². The van der Waals surface area contributed by atoms with Crippen LogP contribution >= 0.6 is 11.6 Å². The molecule has 1 aromatic rings. The maximum Gasteiger partial charge on any atom is 0.337 e. The van der Waals surface area contributed by atoms with Gasteiger partial charge in [0.05, 0.1) is 17.2 Å². The Morgan fingerprint density at radius 3 is 2.86 bits per heavy atom. The lowest BCUT2D eigenvalue weighted by atomic mass is 10.3. The van der Waals surface area contributed by atoms with Crippen LogP contribution in [0, 0.1) is 0 Å². The summed E-state index contributed by atoms with van der Waals surface area (Å²) in [5.41, 5.74) is 0.0320. The highest BCUT2D eigenvalue weighted by atomic mass is 35.5. The Hall–Kier alpha value is -1.33. The number of aliphatic hydroxyl groups is 1. The summed E-state index contributed by atoms with van der Waals surface area (Å²) < 4.78 is 0. The van der Waals surface area contributed by atoms with Gasteiger partial charge in [0.15, 0.2) is 0 Å². The van der Waals surface area contributed by atoms with E-state index in [1.54, 1.807) is 0 Å². The number of aromatic nitrogens is 1. The number of hydrogen-bond acceptors (Lipinski definition) is 4. The second-order valence-corrected chi connectivity index (χ2v) is 2.92. The second kappa shape index (κ2) is 4.78. The number of carboxylic acid groups (broad SMARTS) is 1. The predicted molar refractivity (Wildman–Crippen MR) is 51.8 cm³/mol. The number of nitrogens with one attached hydrogen (secondary N) is 1. The summed E-state index contributed by atoms with van der Waals surface area (Å²) in [6.07, 6.45) is 1.20. The normalized spacial score (nSPS) is 9.86. The highest BCUT2D eigenvalue weighted by Crippen LogP contribution is 2.19. The van der Waals surface area contributed by atoms with Crippen LogP contribution in [0.25, 0.3) is 0 Å². The molecule has 0 bridgehead atoms. The fourth-order valence-corrected chi connectivity index (χ4v) is 1.09. The van der Waals surface area contributed by atoms with Gasteiger partial charge in [0.25, 0.3) is 0 Å². The van der Waals surface area contributed by atoms with Crippen LogP contribution < -0.4 is 5.32 Å². The zero-order chi connectivity index (χ0) is 10.6. The van der Waals surface area contributed by atoms with Crippen molar-refractivity contribution in [3.05, 3.63) is 22.8 Å². The predicted octanol–water partition coefficient (Wildman–Crippen LogP) is 0.837. The first-order valence-electron chi connectivity index (χ1n) is 3.88. The molecule has 0 radical (unpaired) electrons. The Labute approximate surface area is 85.3 Å². The Balaban J connectivity index is 2.84. The first kappa shape index (κ1) is 10.7. The van der Waals surface area contributed by atoms with E-state index in [1.807, 2.05) is 0 Å².